The Kier molecular flexibility index (Phi) is 4.84. The van der Waals surface area contributed by atoms with Crippen molar-refractivity contribution in [3.63, 3.8) is 0 Å². The molecule has 0 bridgehead atoms. The van der Waals surface area contributed by atoms with Gasteiger partial charge in [0.25, 0.3) is 0 Å². The second kappa shape index (κ2) is 6.42. The SMILES string of the molecule is CC(C)NCc1oc2ccccc2c1CN(C)C(C)C. The second-order valence-electron chi connectivity index (χ2n) is 6.04. The van der Waals surface area contributed by atoms with Gasteiger partial charge in [0.15, 0.2) is 0 Å². The van der Waals surface area contributed by atoms with Gasteiger partial charge in [-0.15, -0.1) is 0 Å². The molecular formula is C17H26N2O. The van der Waals surface area contributed by atoms with E-state index in [2.05, 4.69) is 57.1 Å². The number of para-hydroxylation sites is 1. The van der Waals surface area contributed by atoms with E-state index in [1.165, 1.54) is 10.9 Å². The zero-order chi connectivity index (χ0) is 14.7. The van der Waals surface area contributed by atoms with Gasteiger partial charge in [-0.3, -0.25) is 4.90 Å². The van der Waals surface area contributed by atoms with Gasteiger partial charge in [-0.2, -0.15) is 0 Å². The quantitative estimate of drug-likeness (QED) is 0.869. The number of hydrogen-bond acceptors (Lipinski definition) is 3. The van der Waals surface area contributed by atoms with E-state index in [4.69, 9.17) is 4.42 Å². The summed E-state index contributed by atoms with van der Waals surface area (Å²) in [5.41, 5.74) is 2.30. The van der Waals surface area contributed by atoms with Gasteiger partial charge in [0.05, 0.1) is 6.54 Å². The number of nitrogens with zero attached hydrogens (tertiary/aromatic N) is 1. The Morgan fingerprint density at radius 3 is 2.50 bits per heavy atom. The van der Waals surface area contributed by atoms with E-state index in [0.29, 0.717) is 12.1 Å². The third kappa shape index (κ3) is 3.41. The fourth-order valence-electron chi connectivity index (χ4n) is 2.19. The molecule has 3 nitrogen and oxygen atoms in total. The van der Waals surface area contributed by atoms with Gasteiger partial charge in [-0.25, -0.2) is 0 Å². The zero-order valence-corrected chi connectivity index (χ0v) is 13.2. The van der Waals surface area contributed by atoms with Crippen LogP contribution in [0.5, 0.6) is 0 Å². The molecule has 0 aliphatic rings. The van der Waals surface area contributed by atoms with Gasteiger partial charge in [-0.05, 0) is 27.0 Å². The lowest BCUT2D eigenvalue weighted by molar-refractivity contribution is 0.264. The lowest BCUT2D eigenvalue weighted by Crippen LogP contribution is -2.27. The van der Waals surface area contributed by atoms with Crippen LogP contribution in [0.15, 0.2) is 28.7 Å². The van der Waals surface area contributed by atoms with Gasteiger partial charge in [0.1, 0.15) is 11.3 Å². The van der Waals surface area contributed by atoms with E-state index in [1.54, 1.807) is 0 Å². The van der Waals surface area contributed by atoms with Gasteiger partial charge in [-0.1, -0.05) is 32.0 Å². The highest BCUT2D eigenvalue weighted by Gasteiger charge is 2.16. The van der Waals surface area contributed by atoms with Crippen LogP contribution >= 0.6 is 0 Å². The highest BCUT2D eigenvalue weighted by molar-refractivity contribution is 5.82. The summed E-state index contributed by atoms with van der Waals surface area (Å²) in [5, 5.41) is 4.69. The molecule has 0 radical (unpaired) electrons. The molecule has 1 aromatic heterocycles. The minimum absolute atomic E-state index is 0.457. The van der Waals surface area contributed by atoms with Crippen LogP contribution in [0, 0.1) is 0 Å². The molecular weight excluding hydrogens is 248 g/mol. The molecule has 0 saturated carbocycles. The third-order valence-corrected chi connectivity index (χ3v) is 3.74. The lowest BCUT2D eigenvalue weighted by Gasteiger charge is -2.21. The van der Waals surface area contributed by atoms with E-state index >= 15 is 0 Å². The molecule has 0 amide bonds. The summed E-state index contributed by atoms with van der Waals surface area (Å²) in [6.45, 7) is 10.4. The number of hydrogen-bond donors (Lipinski definition) is 1. The summed E-state index contributed by atoms with van der Waals surface area (Å²) in [4.78, 5) is 2.34. The smallest absolute Gasteiger partial charge is 0.134 e. The van der Waals surface area contributed by atoms with Crippen LogP contribution in [0.1, 0.15) is 39.0 Å². The van der Waals surface area contributed by atoms with Crippen molar-refractivity contribution in [2.24, 2.45) is 0 Å². The van der Waals surface area contributed by atoms with Crippen LogP contribution in [0.2, 0.25) is 0 Å². The van der Waals surface area contributed by atoms with Gasteiger partial charge >= 0.3 is 0 Å². The number of rotatable bonds is 6. The van der Waals surface area contributed by atoms with E-state index in [1.807, 2.05) is 12.1 Å². The maximum Gasteiger partial charge on any atom is 0.134 e. The maximum atomic E-state index is 6.04. The molecule has 0 fully saturated rings. The number of benzene rings is 1. The number of furan rings is 1. The van der Waals surface area contributed by atoms with Crippen LogP contribution in [-0.4, -0.2) is 24.0 Å². The predicted molar refractivity (Wildman–Crippen MR) is 84.8 cm³/mol. The molecule has 1 N–H and O–H groups in total. The molecule has 2 rings (SSSR count). The van der Waals surface area contributed by atoms with Crippen molar-refractivity contribution in [1.29, 1.82) is 0 Å². The first-order chi connectivity index (χ1) is 9.49. The molecule has 0 atom stereocenters. The van der Waals surface area contributed by atoms with Crippen molar-refractivity contribution in [2.75, 3.05) is 7.05 Å². The predicted octanol–water partition coefficient (Wildman–Crippen LogP) is 3.77. The van der Waals surface area contributed by atoms with Gasteiger partial charge < -0.3 is 9.73 Å². The second-order valence-corrected chi connectivity index (χ2v) is 6.04. The van der Waals surface area contributed by atoms with Crippen molar-refractivity contribution in [3.05, 3.63) is 35.6 Å². The van der Waals surface area contributed by atoms with Crippen molar-refractivity contribution in [1.82, 2.24) is 10.2 Å². The average Bonchev–Trinajstić information content (AvgIpc) is 2.74. The summed E-state index contributed by atoms with van der Waals surface area (Å²) < 4.78 is 6.04. The van der Waals surface area contributed by atoms with E-state index in [0.717, 1.165) is 24.4 Å². The molecule has 0 spiro atoms. The van der Waals surface area contributed by atoms with Crippen molar-refractivity contribution in [2.45, 2.75) is 52.9 Å². The number of fused-ring (bicyclic) bond motifs is 1. The summed E-state index contributed by atoms with van der Waals surface area (Å²) in [6.07, 6.45) is 0. The third-order valence-electron chi connectivity index (χ3n) is 3.74. The topological polar surface area (TPSA) is 28.4 Å². The Morgan fingerprint density at radius 1 is 1.15 bits per heavy atom. The Hall–Kier alpha value is -1.32. The van der Waals surface area contributed by atoms with Crippen molar-refractivity contribution < 1.29 is 4.42 Å². The molecule has 110 valence electrons. The Balaban J connectivity index is 2.34. The first-order valence-corrected chi connectivity index (χ1v) is 7.42. The molecule has 3 heteroatoms. The molecule has 2 aromatic rings. The lowest BCUT2D eigenvalue weighted by atomic mass is 10.1. The Labute approximate surface area is 122 Å². The summed E-state index contributed by atoms with van der Waals surface area (Å²) in [6, 6.07) is 9.29. The van der Waals surface area contributed by atoms with Crippen LogP contribution in [-0.2, 0) is 13.1 Å². The highest BCUT2D eigenvalue weighted by atomic mass is 16.3. The molecule has 1 heterocycles. The monoisotopic (exact) mass is 274 g/mol. The minimum Gasteiger partial charge on any atom is -0.459 e. The Morgan fingerprint density at radius 2 is 1.85 bits per heavy atom. The molecule has 0 saturated heterocycles. The van der Waals surface area contributed by atoms with E-state index in [9.17, 15) is 0 Å². The molecule has 1 aromatic carbocycles. The fourth-order valence-corrected chi connectivity index (χ4v) is 2.19. The standard InChI is InChI=1S/C17H26N2O/c1-12(2)18-10-17-15(11-19(5)13(3)4)14-8-6-7-9-16(14)20-17/h6-9,12-13,18H,10-11H2,1-5H3. The molecule has 0 unspecified atom stereocenters. The van der Waals surface area contributed by atoms with Crippen LogP contribution in [0.3, 0.4) is 0 Å². The van der Waals surface area contributed by atoms with Gasteiger partial charge in [0.2, 0.25) is 0 Å². The molecule has 20 heavy (non-hydrogen) atoms. The Bertz CT molecular complexity index is 557. The van der Waals surface area contributed by atoms with Crippen LogP contribution in [0.4, 0.5) is 0 Å². The maximum absolute atomic E-state index is 6.04. The zero-order valence-electron chi connectivity index (χ0n) is 13.2. The summed E-state index contributed by atoms with van der Waals surface area (Å²) in [7, 11) is 2.16. The fraction of sp³-hybridized carbons (Fsp3) is 0.529. The largest absolute Gasteiger partial charge is 0.459 e. The normalized spacial score (nSPS) is 12.2. The van der Waals surface area contributed by atoms with Crippen LogP contribution < -0.4 is 5.32 Å². The molecule has 0 aliphatic heterocycles. The number of nitrogens with one attached hydrogen (secondary N) is 1. The van der Waals surface area contributed by atoms with Crippen LogP contribution in [0.25, 0.3) is 11.0 Å². The van der Waals surface area contributed by atoms with Crippen molar-refractivity contribution >= 4 is 11.0 Å². The molecule has 0 aliphatic carbocycles. The first kappa shape index (κ1) is 15.1. The van der Waals surface area contributed by atoms with E-state index in [-0.39, 0.29) is 0 Å². The minimum atomic E-state index is 0.457. The summed E-state index contributed by atoms with van der Waals surface area (Å²) >= 11 is 0. The average molecular weight is 274 g/mol. The highest BCUT2D eigenvalue weighted by Crippen LogP contribution is 2.27. The van der Waals surface area contributed by atoms with Gasteiger partial charge in [0, 0.05) is 29.6 Å². The first-order valence-electron chi connectivity index (χ1n) is 7.42. The van der Waals surface area contributed by atoms with E-state index < -0.39 is 0 Å². The van der Waals surface area contributed by atoms with Crippen molar-refractivity contribution in [3.8, 4) is 0 Å². The summed E-state index contributed by atoms with van der Waals surface area (Å²) in [5.74, 6) is 1.06.